The first-order valence-corrected chi connectivity index (χ1v) is 10.4. The third-order valence-electron chi connectivity index (χ3n) is 4.34. The molecular formula is C20H22N2O5S. The zero-order valence-corrected chi connectivity index (χ0v) is 16.5. The van der Waals surface area contributed by atoms with Crippen molar-refractivity contribution in [1.29, 1.82) is 0 Å². The van der Waals surface area contributed by atoms with Gasteiger partial charge in [-0.1, -0.05) is 12.1 Å². The third-order valence-corrected chi connectivity index (χ3v) is 6.21. The van der Waals surface area contributed by atoms with Crippen LogP contribution >= 0.6 is 0 Å². The van der Waals surface area contributed by atoms with E-state index in [2.05, 4.69) is 5.32 Å². The lowest BCUT2D eigenvalue weighted by atomic mass is 10.2. The number of nitrogens with one attached hydrogen (secondary N) is 1. The molecule has 28 heavy (non-hydrogen) atoms. The van der Waals surface area contributed by atoms with E-state index in [1.165, 1.54) is 10.4 Å². The molecular weight excluding hydrogens is 380 g/mol. The summed E-state index contributed by atoms with van der Waals surface area (Å²) in [5, 5.41) is 2.75. The Kier molecular flexibility index (Phi) is 5.89. The minimum atomic E-state index is -3.26. The maximum Gasteiger partial charge on any atom is 0.248 e. The van der Waals surface area contributed by atoms with Gasteiger partial charge in [-0.2, -0.15) is 0 Å². The van der Waals surface area contributed by atoms with Gasteiger partial charge in [0.25, 0.3) is 0 Å². The molecule has 2 aromatic rings. The molecule has 0 unspecified atom stereocenters. The molecule has 1 aliphatic rings. The number of ether oxygens (including phenoxy) is 2. The van der Waals surface area contributed by atoms with Gasteiger partial charge in [-0.15, -0.1) is 0 Å². The molecule has 1 fully saturated rings. The van der Waals surface area contributed by atoms with Crippen molar-refractivity contribution < 1.29 is 22.7 Å². The predicted octanol–water partition coefficient (Wildman–Crippen LogP) is 2.90. The van der Waals surface area contributed by atoms with Gasteiger partial charge in [0.2, 0.25) is 15.9 Å². The molecule has 0 radical (unpaired) electrons. The van der Waals surface area contributed by atoms with Crippen molar-refractivity contribution in [2.75, 3.05) is 36.1 Å². The summed E-state index contributed by atoms with van der Waals surface area (Å²) in [5.74, 6) is 1.01. The number of hydrogen-bond donors (Lipinski definition) is 1. The molecule has 0 aromatic heterocycles. The summed E-state index contributed by atoms with van der Waals surface area (Å²) >= 11 is 0. The second kappa shape index (κ2) is 8.35. The monoisotopic (exact) mass is 402 g/mol. The highest BCUT2D eigenvalue weighted by Crippen LogP contribution is 2.28. The van der Waals surface area contributed by atoms with Crippen LogP contribution in [-0.2, 0) is 14.8 Å². The zero-order chi connectivity index (χ0) is 20.1. The Balaban J connectivity index is 1.70. The first-order valence-electron chi connectivity index (χ1n) is 8.74. The number of carbonyl (C=O) groups is 1. The van der Waals surface area contributed by atoms with Crippen LogP contribution < -0.4 is 19.1 Å². The van der Waals surface area contributed by atoms with Gasteiger partial charge in [-0.05, 0) is 48.4 Å². The Morgan fingerprint density at radius 1 is 1.11 bits per heavy atom. The van der Waals surface area contributed by atoms with Gasteiger partial charge < -0.3 is 14.8 Å². The van der Waals surface area contributed by atoms with E-state index in [1.54, 1.807) is 56.7 Å². The van der Waals surface area contributed by atoms with Gasteiger partial charge in [-0.25, -0.2) is 8.42 Å². The van der Waals surface area contributed by atoms with Crippen molar-refractivity contribution >= 4 is 33.4 Å². The van der Waals surface area contributed by atoms with Gasteiger partial charge in [0.05, 0.1) is 25.7 Å². The number of rotatable bonds is 6. The van der Waals surface area contributed by atoms with Crippen molar-refractivity contribution in [1.82, 2.24) is 0 Å². The predicted molar refractivity (Wildman–Crippen MR) is 109 cm³/mol. The normalized spacial score (nSPS) is 15.6. The van der Waals surface area contributed by atoms with Crippen LogP contribution in [0.2, 0.25) is 0 Å². The maximum atomic E-state index is 12.2. The van der Waals surface area contributed by atoms with Crippen LogP contribution in [-0.4, -0.2) is 40.8 Å². The van der Waals surface area contributed by atoms with E-state index in [-0.39, 0.29) is 11.7 Å². The van der Waals surface area contributed by atoms with Crippen molar-refractivity contribution in [2.45, 2.75) is 6.42 Å². The molecule has 2 aromatic carbocycles. The molecule has 1 aliphatic heterocycles. The van der Waals surface area contributed by atoms with Gasteiger partial charge >= 0.3 is 0 Å². The van der Waals surface area contributed by atoms with E-state index >= 15 is 0 Å². The molecule has 7 nitrogen and oxygen atoms in total. The van der Waals surface area contributed by atoms with Crippen LogP contribution in [0.4, 0.5) is 11.4 Å². The van der Waals surface area contributed by atoms with Gasteiger partial charge in [0.15, 0.2) is 11.5 Å². The van der Waals surface area contributed by atoms with E-state index in [9.17, 15) is 13.2 Å². The number of amides is 1. The highest BCUT2D eigenvalue weighted by atomic mass is 32.2. The van der Waals surface area contributed by atoms with E-state index in [4.69, 9.17) is 9.47 Å². The summed E-state index contributed by atoms with van der Waals surface area (Å²) in [6.07, 6.45) is 3.67. The SMILES string of the molecule is COc1ccc(/C=C/C(=O)Nc2cccc(N3CCCS3(=O)=O)c2)cc1OC. The molecule has 8 heteroatoms. The zero-order valence-electron chi connectivity index (χ0n) is 15.7. The van der Waals surface area contributed by atoms with Crippen LogP contribution in [0.5, 0.6) is 11.5 Å². The number of benzene rings is 2. The average Bonchev–Trinajstić information content (AvgIpc) is 3.05. The van der Waals surface area contributed by atoms with E-state index < -0.39 is 10.0 Å². The standard InChI is InChI=1S/C20H22N2O5S/c1-26-18-9-7-15(13-19(18)27-2)8-10-20(23)21-16-5-3-6-17(14-16)22-11-4-12-28(22,24)25/h3,5-10,13-14H,4,11-12H2,1-2H3,(H,21,23)/b10-8+. The lowest BCUT2D eigenvalue weighted by molar-refractivity contribution is -0.111. The van der Waals surface area contributed by atoms with Crippen LogP contribution in [0, 0.1) is 0 Å². The van der Waals surface area contributed by atoms with E-state index in [0.29, 0.717) is 35.8 Å². The summed E-state index contributed by atoms with van der Waals surface area (Å²) < 4.78 is 35.9. The van der Waals surface area contributed by atoms with Crippen molar-refractivity contribution in [2.24, 2.45) is 0 Å². The Morgan fingerprint density at radius 3 is 2.57 bits per heavy atom. The molecule has 0 bridgehead atoms. The molecule has 1 heterocycles. The Hall–Kier alpha value is -3.00. The van der Waals surface area contributed by atoms with E-state index in [1.807, 2.05) is 6.07 Å². The van der Waals surface area contributed by atoms with Gasteiger partial charge in [0.1, 0.15) is 0 Å². The summed E-state index contributed by atoms with van der Waals surface area (Å²) in [6, 6.07) is 12.1. The summed E-state index contributed by atoms with van der Waals surface area (Å²) in [5.41, 5.74) is 1.87. The molecule has 0 aliphatic carbocycles. The Morgan fingerprint density at radius 2 is 1.89 bits per heavy atom. The quantitative estimate of drug-likeness (QED) is 0.751. The van der Waals surface area contributed by atoms with Crippen LogP contribution in [0.15, 0.2) is 48.5 Å². The topological polar surface area (TPSA) is 84.9 Å². The number of nitrogens with zero attached hydrogens (tertiary/aromatic N) is 1. The molecule has 1 N–H and O–H groups in total. The number of sulfonamides is 1. The van der Waals surface area contributed by atoms with Crippen LogP contribution in [0.25, 0.3) is 6.08 Å². The second-order valence-corrected chi connectivity index (χ2v) is 8.24. The molecule has 0 saturated carbocycles. The summed E-state index contributed by atoms with van der Waals surface area (Å²) in [4.78, 5) is 12.2. The maximum absolute atomic E-state index is 12.2. The third kappa shape index (κ3) is 4.45. The molecule has 1 amide bonds. The fourth-order valence-electron chi connectivity index (χ4n) is 2.98. The molecule has 148 valence electrons. The van der Waals surface area contributed by atoms with Crippen molar-refractivity contribution in [3.63, 3.8) is 0 Å². The molecule has 0 spiro atoms. The molecule has 1 saturated heterocycles. The van der Waals surface area contributed by atoms with Crippen LogP contribution in [0.3, 0.4) is 0 Å². The first kappa shape index (κ1) is 19.8. The van der Waals surface area contributed by atoms with Gasteiger partial charge in [-0.3, -0.25) is 9.10 Å². The number of methoxy groups -OCH3 is 2. The van der Waals surface area contributed by atoms with Gasteiger partial charge in [0, 0.05) is 18.3 Å². The number of anilines is 2. The smallest absolute Gasteiger partial charge is 0.248 e. The summed E-state index contributed by atoms with van der Waals surface area (Å²) in [6.45, 7) is 0.457. The minimum absolute atomic E-state index is 0.150. The molecule has 3 rings (SSSR count). The Labute approximate surface area is 164 Å². The van der Waals surface area contributed by atoms with Crippen molar-refractivity contribution in [3.05, 3.63) is 54.1 Å². The fourth-order valence-corrected chi connectivity index (χ4v) is 4.54. The van der Waals surface area contributed by atoms with E-state index in [0.717, 1.165) is 5.56 Å². The fraction of sp³-hybridized carbons (Fsp3) is 0.250. The summed E-state index contributed by atoms with van der Waals surface area (Å²) in [7, 11) is -0.154. The average molecular weight is 402 g/mol. The highest BCUT2D eigenvalue weighted by molar-refractivity contribution is 7.93. The van der Waals surface area contributed by atoms with Crippen molar-refractivity contribution in [3.8, 4) is 11.5 Å². The minimum Gasteiger partial charge on any atom is -0.493 e. The number of hydrogen-bond acceptors (Lipinski definition) is 5. The first-order chi connectivity index (χ1) is 13.4. The lowest BCUT2D eigenvalue weighted by Crippen LogP contribution is -2.25. The second-order valence-electron chi connectivity index (χ2n) is 6.23. The Bertz CT molecular complexity index is 1000. The number of carbonyl (C=O) groups excluding carboxylic acids is 1. The van der Waals surface area contributed by atoms with Crippen LogP contribution in [0.1, 0.15) is 12.0 Å². The largest absolute Gasteiger partial charge is 0.493 e. The molecule has 0 atom stereocenters. The highest BCUT2D eigenvalue weighted by Gasteiger charge is 2.28. The lowest BCUT2D eigenvalue weighted by Gasteiger charge is -2.17.